The van der Waals surface area contributed by atoms with Crippen LogP contribution in [0.1, 0.15) is 400 Å². The van der Waals surface area contributed by atoms with Crippen molar-refractivity contribution in [3.05, 3.63) is 0 Å². The first-order valence-corrected chi connectivity index (χ1v) is 60.4. The van der Waals surface area contributed by atoms with E-state index in [1.165, 1.54) is 362 Å². The number of nitrogens with one attached hydrogen (secondary N) is 2. The molecule has 8 saturated heterocycles. The third-order valence-corrected chi connectivity index (χ3v) is 31.5. The fourth-order valence-electron chi connectivity index (χ4n) is 21.0. The van der Waals surface area contributed by atoms with E-state index in [9.17, 15) is 0 Å². The molecule has 12 rings (SSSR count). The minimum absolute atomic E-state index is 0.477. The molecule has 4 aliphatic carbocycles. The Bertz CT molecular complexity index is 2380. The lowest BCUT2D eigenvalue weighted by Gasteiger charge is -2.42. The molecule has 2 N–H and O–H groups in total. The topological polar surface area (TPSA) is 136 Å². The zero-order chi connectivity index (χ0) is 105. The number of ether oxygens (including phenoxy) is 9. The van der Waals surface area contributed by atoms with Crippen LogP contribution in [-0.4, -0.2) is 371 Å². The van der Waals surface area contributed by atoms with E-state index in [1.54, 1.807) is 28.4 Å². The smallest absolute Gasteiger partial charge is 0.0828 e. The minimum Gasteiger partial charge on any atom is -0.385 e. The van der Waals surface area contributed by atoms with Gasteiger partial charge in [0.25, 0.3) is 0 Å². The molecule has 12 fully saturated rings. The quantitative estimate of drug-likeness (QED) is 0.0559. The van der Waals surface area contributed by atoms with Gasteiger partial charge in [0.15, 0.2) is 0 Å². The monoisotopic (exact) mass is 2010 g/mol. The molecular formula is C121H257N11O9. The molecule has 20 heteroatoms. The molecule has 8 heterocycles. The Kier molecular flexibility index (Phi) is 97.1. The lowest BCUT2D eigenvalue weighted by atomic mass is 9.64. The molecule has 0 aromatic heterocycles. The van der Waals surface area contributed by atoms with E-state index in [-0.39, 0.29) is 0 Å². The van der Waals surface area contributed by atoms with Crippen LogP contribution in [0.15, 0.2) is 0 Å². The summed E-state index contributed by atoms with van der Waals surface area (Å²) < 4.78 is 47.8. The fraction of sp³-hybridized carbons (Fsp3) is 1.00. The van der Waals surface area contributed by atoms with Crippen molar-refractivity contribution in [3.63, 3.8) is 0 Å². The lowest BCUT2D eigenvalue weighted by molar-refractivity contribution is -0.0438. The maximum absolute atomic E-state index is 5.65. The van der Waals surface area contributed by atoms with Crippen molar-refractivity contribution in [2.75, 3.05) is 302 Å². The second-order valence-electron chi connectivity index (χ2n) is 46.6. The number of unbranched alkanes of at least 4 members (excludes halogenated alkanes) is 2. The molecule has 0 bridgehead atoms. The summed E-state index contributed by atoms with van der Waals surface area (Å²) in [7, 11) is 28.6. The van der Waals surface area contributed by atoms with E-state index < -0.39 is 0 Å². The number of nitrogens with zero attached hydrogens (tertiary/aromatic N) is 9. The number of likely N-dealkylation sites (tertiary alicyclic amines) is 7. The molecule has 2 unspecified atom stereocenters. The van der Waals surface area contributed by atoms with Crippen molar-refractivity contribution in [1.82, 2.24) is 54.7 Å². The van der Waals surface area contributed by atoms with Crippen LogP contribution >= 0.6 is 0 Å². The fourth-order valence-corrected chi connectivity index (χ4v) is 21.0. The van der Waals surface area contributed by atoms with E-state index in [2.05, 4.69) is 236 Å². The van der Waals surface area contributed by atoms with Gasteiger partial charge in [-0.3, -0.25) is 0 Å². The number of methoxy groups -OCH3 is 4. The van der Waals surface area contributed by atoms with Crippen LogP contribution in [0.3, 0.4) is 0 Å². The number of likely N-dealkylation sites (N-methyl/N-ethyl adjacent to an activating group) is 4. The Morgan fingerprint density at radius 1 is 0.312 bits per heavy atom. The van der Waals surface area contributed by atoms with Crippen LogP contribution in [0.5, 0.6) is 0 Å². The normalized spacial score (nSPS) is 22.7. The van der Waals surface area contributed by atoms with Gasteiger partial charge in [0.1, 0.15) is 0 Å². The molecule has 0 aromatic rings. The molecule has 8 aliphatic heterocycles. The van der Waals surface area contributed by atoms with Gasteiger partial charge in [-0.15, -0.1) is 0 Å². The first-order chi connectivity index (χ1) is 67.9. The van der Waals surface area contributed by atoms with Crippen molar-refractivity contribution < 1.29 is 42.6 Å². The molecule has 0 amide bonds. The summed E-state index contributed by atoms with van der Waals surface area (Å²) in [6.07, 6.45) is 61.5. The maximum Gasteiger partial charge on any atom is 0.0828 e. The largest absolute Gasteiger partial charge is 0.385 e. The van der Waals surface area contributed by atoms with Crippen LogP contribution in [0.25, 0.3) is 0 Å². The van der Waals surface area contributed by atoms with Crippen LogP contribution in [0.4, 0.5) is 0 Å². The number of piperazine rings is 1. The highest BCUT2D eigenvalue weighted by Crippen LogP contribution is 2.52. The Morgan fingerprint density at radius 3 is 1.12 bits per heavy atom. The van der Waals surface area contributed by atoms with E-state index in [1.807, 2.05) is 7.05 Å². The number of rotatable bonds is 50. The molecule has 0 spiro atoms. The molecule has 2 atom stereocenters. The van der Waals surface area contributed by atoms with Crippen molar-refractivity contribution in [2.24, 2.45) is 63.6 Å². The lowest BCUT2D eigenvalue weighted by Crippen LogP contribution is -2.49. The highest BCUT2D eigenvalue weighted by molar-refractivity contribution is 4.92. The molecule has 850 valence electrons. The summed E-state index contributed by atoms with van der Waals surface area (Å²) in [6.45, 7) is 73.3. The van der Waals surface area contributed by atoms with Crippen LogP contribution in [0.2, 0.25) is 0 Å². The van der Waals surface area contributed by atoms with Gasteiger partial charge < -0.3 is 97.4 Å². The molecular weight excluding hydrogens is 1750 g/mol. The third-order valence-electron chi connectivity index (χ3n) is 31.5. The number of hydrogen-bond acceptors (Lipinski definition) is 20. The molecule has 0 radical (unpaired) electrons. The second kappa shape index (κ2) is 96.2. The predicted molar refractivity (Wildman–Crippen MR) is 616 cm³/mol. The molecule has 20 nitrogen and oxygen atoms in total. The molecule has 141 heavy (non-hydrogen) atoms. The maximum atomic E-state index is 5.65. The Morgan fingerprint density at radius 2 is 0.730 bits per heavy atom. The van der Waals surface area contributed by atoms with Crippen molar-refractivity contribution >= 4 is 0 Å². The zero-order valence-corrected chi connectivity index (χ0v) is 101. The standard InChI is InChI=1S/2C10H21N.C10H20O.C9H19NO.C9H19N.C9H18O.C9H20O.C8H18N2.3C8H17NO.C8H17N.C8H18O.C7H15NO/c1-3-9-4-6-10(7-5-9)8-11-2;1-3-4-5-10-6-8-11(2)9-7-10;1-3-5-10(6-4-7-10)8-9-11-2;1-3-8-11-9-4-6-10(2)7-5-9;1-3-4-9-5-7-10(2)8-6-9;1-3-4-9(5-6-9)7-8-10-2;1-5-6-9(2,3)7-8-10-4;1-3-4-10-7-5-9(2)6-8-10;1-3-6-10-8-4-5-9(2)7-8;1-3-4-10-7-8-5-9(2)6-8;1-3-4-5-10-8-6-9(2)7-8;1-3-7-4-8(5-7)6-9-2;1-4-5-8(2)6-7-9-3;1-3-4-9-7-5-8(2)6-7/h9-11H,3-8H2,1-2H3;10H,3-9H2,1-2H3;3-9H2,1-2H3;9H,3-8H2,1-2H3;9H,3-8H2,1-2H3;3-8H2,1-2H3;5-8H2,1-4H3;3-8H2,1-2H3;3*8H,3-7H2,1-2H3;7-9H,3-6H2,1-2H3;8H,4-7H2,1-3H3;7H,3-6H2,1-2H3. The summed E-state index contributed by atoms with van der Waals surface area (Å²) in [5.74, 6) is 7.83. The van der Waals surface area contributed by atoms with E-state index in [0.29, 0.717) is 35.2 Å². The first-order valence-electron chi connectivity index (χ1n) is 60.4. The highest BCUT2D eigenvalue weighted by Gasteiger charge is 2.41. The minimum atomic E-state index is 0.477. The summed E-state index contributed by atoms with van der Waals surface area (Å²) in [5, 5.41) is 6.48. The summed E-state index contributed by atoms with van der Waals surface area (Å²) in [6, 6.07) is 0. The van der Waals surface area contributed by atoms with Gasteiger partial charge in [-0.05, 0) is 354 Å². The van der Waals surface area contributed by atoms with E-state index in [4.69, 9.17) is 42.6 Å². The van der Waals surface area contributed by atoms with Gasteiger partial charge in [-0.25, -0.2) is 0 Å². The summed E-state index contributed by atoms with van der Waals surface area (Å²) >= 11 is 0. The van der Waals surface area contributed by atoms with Gasteiger partial charge >= 0.3 is 0 Å². The van der Waals surface area contributed by atoms with Crippen molar-refractivity contribution in [2.45, 2.75) is 425 Å². The summed E-state index contributed by atoms with van der Waals surface area (Å²) in [4.78, 5) is 21.4. The van der Waals surface area contributed by atoms with E-state index >= 15 is 0 Å². The Balaban J connectivity index is 0. The Labute approximate surface area is 882 Å². The highest BCUT2D eigenvalue weighted by atomic mass is 16.5. The molecule has 0 aromatic carbocycles. The molecule has 12 aliphatic rings. The number of piperidine rings is 3. The average molecular weight is 2010 g/mol. The van der Waals surface area contributed by atoms with E-state index in [0.717, 1.165) is 177 Å². The van der Waals surface area contributed by atoms with Gasteiger partial charge in [-0.1, -0.05) is 220 Å². The third kappa shape index (κ3) is 81.6. The predicted octanol–water partition coefficient (Wildman–Crippen LogP) is 25.7. The first kappa shape index (κ1) is 142. The average Bonchev–Trinajstić information content (AvgIpc) is 1.78. The van der Waals surface area contributed by atoms with Crippen molar-refractivity contribution in [3.8, 4) is 0 Å². The van der Waals surface area contributed by atoms with Crippen LogP contribution in [-0.2, 0) is 42.6 Å². The molecule has 4 saturated carbocycles. The van der Waals surface area contributed by atoms with Gasteiger partial charge in [0.05, 0.1) is 31.0 Å². The zero-order valence-electron chi connectivity index (χ0n) is 101. The van der Waals surface area contributed by atoms with Crippen LogP contribution < -0.4 is 10.6 Å². The van der Waals surface area contributed by atoms with Gasteiger partial charge in [-0.2, -0.15) is 0 Å². The van der Waals surface area contributed by atoms with Crippen LogP contribution in [0, 0.1) is 63.6 Å². The number of hydrogen-bond donors (Lipinski definition) is 2. The summed E-state index contributed by atoms with van der Waals surface area (Å²) in [5.41, 5.74) is 1.90. The SMILES string of the molecule is CCC1CC(CNC)C1.CCC1CCC(CNC)CC1.CCCC(C)(C)CCOC.CCCC(C)CCOC.CCCC1(CCOC)CC1.CCCC1(CCOC)CCC1.CCCC1CCN(C)CC1.CCCCC1CCN(C)CC1.CCCCOC1CN(C)C1.CCCN1CCN(C)CC1.CCCOC1CCN(C)C1.CCCOC1CCN(C)CC1.CCCOC1CN(C)C1.CCCOCC1CN(C)C1. The second-order valence-corrected chi connectivity index (χ2v) is 46.6. The van der Waals surface area contributed by atoms with Gasteiger partial charge in [0.2, 0.25) is 0 Å². The van der Waals surface area contributed by atoms with Gasteiger partial charge in [0, 0.05) is 185 Å². The van der Waals surface area contributed by atoms with Crippen molar-refractivity contribution in [1.29, 1.82) is 0 Å². The Hall–Kier alpha value is -0.800.